The first-order valence-electron chi connectivity index (χ1n) is 9.97. The smallest absolute Gasteiger partial charge is 0.227 e. The predicted octanol–water partition coefficient (Wildman–Crippen LogP) is 4.17. The Hall–Kier alpha value is -3.15. The van der Waals surface area contributed by atoms with Gasteiger partial charge in [0.2, 0.25) is 5.95 Å². The Morgan fingerprint density at radius 2 is 1.62 bits per heavy atom. The van der Waals surface area contributed by atoms with Gasteiger partial charge in [0.05, 0.1) is 0 Å². The minimum Gasteiger partial charge on any atom is -0.368 e. The van der Waals surface area contributed by atoms with E-state index in [-0.39, 0.29) is 5.82 Å². The summed E-state index contributed by atoms with van der Waals surface area (Å²) >= 11 is 0. The van der Waals surface area contributed by atoms with Crippen molar-refractivity contribution >= 4 is 17.5 Å². The quantitative estimate of drug-likeness (QED) is 0.707. The molecule has 2 aromatic carbocycles. The molecular formula is C23H26FN5. The normalized spacial score (nSPS) is 14.2. The second-order valence-electron chi connectivity index (χ2n) is 7.49. The van der Waals surface area contributed by atoms with Gasteiger partial charge in [0, 0.05) is 50.2 Å². The van der Waals surface area contributed by atoms with Crippen LogP contribution in [0.3, 0.4) is 0 Å². The highest BCUT2D eigenvalue weighted by Crippen LogP contribution is 2.21. The molecule has 1 saturated heterocycles. The van der Waals surface area contributed by atoms with Crippen LogP contribution in [0.2, 0.25) is 0 Å². The Morgan fingerprint density at radius 1 is 0.897 bits per heavy atom. The zero-order chi connectivity index (χ0) is 20.2. The minimum absolute atomic E-state index is 0.223. The lowest BCUT2D eigenvalue weighted by atomic mass is 10.2. The summed E-state index contributed by atoms with van der Waals surface area (Å²) < 4.78 is 13.1. The molecule has 0 spiro atoms. The molecule has 2 heterocycles. The SMILES string of the molecule is Cc1cccc(N2CCN(c3nc(C)cc(NCc4ccc(F)cc4)n3)CC2)c1. The van der Waals surface area contributed by atoms with Crippen molar-refractivity contribution in [3.8, 4) is 0 Å². The Kier molecular flexibility index (Phi) is 5.60. The third-order valence-electron chi connectivity index (χ3n) is 5.16. The molecule has 1 fully saturated rings. The maximum absolute atomic E-state index is 13.1. The third kappa shape index (κ3) is 4.83. The van der Waals surface area contributed by atoms with Crippen molar-refractivity contribution in [1.29, 1.82) is 0 Å². The Morgan fingerprint density at radius 3 is 2.34 bits per heavy atom. The molecule has 1 N–H and O–H groups in total. The summed E-state index contributed by atoms with van der Waals surface area (Å²) in [4.78, 5) is 14.0. The first-order chi connectivity index (χ1) is 14.1. The van der Waals surface area contributed by atoms with E-state index in [1.807, 2.05) is 13.0 Å². The largest absolute Gasteiger partial charge is 0.368 e. The molecule has 0 bridgehead atoms. The number of nitrogens with zero attached hydrogens (tertiary/aromatic N) is 4. The third-order valence-corrected chi connectivity index (χ3v) is 5.16. The van der Waals surface area contributed by atoms with Gasteiger partial charge in [0.15, 0.2) is 0 Å². The van der Waals surface area contributed by atoms with Gasteiger partial charge in [-0.1, -0.05) is 24.3 Å². The molecule has 4 rings (SSSR count). The zero-order valence-corrected chi connectivity index (χ0v) is 16.9. The Balaban J connectivity index is 1.40. The first kappa shape index (κ1) is 19.2. The van der Waals surface area contributed by atoms with E-state index in [1.54, 1.807) is 12.1 Å². The number of nitrogens with one attached hydrogen (secondary N) is 1. The lowest BCUT2D eigenvalue weighted by Gasteiger charge is -2.36. The van der Waals surface area contributed by atoms with E-state index in [9.17, 15) is 4.39 Å². The average molecular weight is 391 g/mol. The van der Waals surface area contributed by atoms with Gasteiger partial charge in [-0.05, 0) is 49.2 Å². The van der Waals surface area contributed by atoms with Gasteiger partial charge < -0.3 is 15.1 Å². The average Bonchev–Trinajstić information content (AvgIpc) is 2.73. The molecular weight excluding hydrogens is 365 g/mol. The minimum atomic E-state index is -0.223. The van der Waals surface area contributed by atoms with E-state index >= 15 is 0 Å². The maximum Gasteiger partial charge on any atom is 0.227 e. The summed E-state index contributed by atoms with van der Waals surface area (Å²) in [7, 11) is 0. The number of aromatic nitrogens is 2. The molecule has 3 aromatic rings. The van der Waals surface area contributed by atoms with Gasteiger partial charge >= 0.3 is 0 Å². The van der Waals surface area contributed by atoms with E-state index in [4.69, 9.17) is 4.98 Å². The van der Waals surface area contributed by atoms with Crippen molar-refractivity contribution < 1.29 is 4.39 Å². The van der Waals surface area contributed by atoms with Crippen molar-refractivity contribution in [1.82, 2.24) is 9.97 Å². The van der Waals surface area contributed by atoms with Crippen LogP contribution in [-0.4, -0.2) is 36.1 Å². The molecule has 0 saturated carbocycles. The molecule has 1 aromatic heterocycles. The van der Waals surface area contributed by atoms with Gasteiger partial charge in [-0.15, -0.1) is 0 Å². The molecule has 0 amide bonds. The van der Waals surface area contributed by atoms with E-state index in [2.05, 4.69) is 51.3 Å². The molecule has 0 unspecified atom stereocenters. The van der Waals surface area contributed by atoms with E-state index in [0.29, 0.717) is 6.54 Å². The van der Waals surface area contributed by atoms with Crippen LogP contribution in [0.5, 0.6) is 0 Å². The summed E-state index contributed by atoms with van der Waals surface area (Å²) in [6, 6.07) is 17.1. The highest BCUT2D eigenvalue weighted by Gasteiger charge is 2.20. The number of aryl methyl sites for hydroxylation is 2. The fourth-order valence-corrected chi connectivity index (χ4v) is 3.57. The summed E-state index contributed by atoms with van der Waals surface area (Å²) in [5.74, 6) is 1.33. The van der Waals surface area contributed by atoms with Crippen molar-refractivity contribution in [2.75, 3.05) is 41.3 Å². The highest BCUT2D eigenvalue weighted by molar-refractivity contribution is 5.51. The van der Waals surface area contributed by atoms with Crippen LogP contribution < -0.4 is 15.1 Å². The zero-order valence-electron chi connectivity index (χ0n) is 16.9. The van der Waals surface area contributed by atoms with Crippen molar-refractivity contribution in [2.45, 2.75) is 20.4 Å². The van der Waals surface area contributed by atoms with Gasteiger partial charge in [-0.2, -0.15) is 4.98 Å². The summed E-state index contributed by atoms with van der Waals surface area (Å²) in [6.45, 7) is 8.36. The molecule has 6 heteroatoms. The maximum atomic E-state index is 13.1. The Bertz CT molecular complexity index is 965. The van der Waals surface area contributed by atoms with Crippen molar-refractivity contribution in [3.63, 3.8) is 0 Å². The summed E-state index contributed by atoms with van der Waals surface area (Å²) in [5.41, 5.74) is 4.49. The number of piperazine rings is 1. The number of hydrogen-bond donors (Lipinski definition) is 1. The highest BCUT2D eigenvalue weighted by atomic mass is 19.1. The first-order valence-corrected chi connectivity index (χ1v) is 9.97. The standard InChI is InChI=1S/C23H26FN5/c1-17-4-3-5-21(14-17)28-10-12-29(13-11-28)23-26-18(2)15-22(27-23)25-16-19-6-8-20(24)9-7-19/h3-9,14-15H,10-13,16H2,1-2H3,(H,25,26,27). The summed E-state index contributed by atoms with van der Waals surface area (Å²) in [6.07, 6.45) is 0. The number of benzene rings is 2. The molecule has 1 aliphatic rings. The van der Waals surface area contributed by atoms with Crippen LogP contribution in [0.4, 0.5) is 21.8 Å². The molecule has 5 nitrogen and oxygen atoms in total. The van der Waals surface area contributed by atoms with Crippen LogP contribution >= 0.6 is 0 Å². The lowest BCUT2D eigenvalue weighted by molar-refractivity contribution is 0.627. The molecule has 0 atom stereocenters. The summed E-state index contributed by atoms with van der Waals surface area (Å²) in [5, 5.41) is 3.33. The number of rotatable bonds is 5. The van der Waals surface area contributed by atoms with Gasteiger partial charge in [-0.3, -0.25) is 0 Å². The number of halogens is 1. The van der Waals surface area contributed by atoms with Crippen molar-refractivity contribution in [2.24, 2.45) is 0 Å². The van der Waals surface area contributed by atoms with E-state index in [1.165, 1.54) is 23.4 Å². The molecule has 0 aliphatic carbocycles. The molecule has 0 radical (unpaired) electrons. The second-order valence-corrected chi connectivity index (χ2v) is 7.49. The van der Waals surface area contributed by atoms with Crippen LogP contribution in [0.1, 0.15) is 16.8 Å². The van der Waals surface area contributed by atoms with Crippen molar-refractivity contribution in [3.05, 3.63) is 77.2 Å². The second kappa shape index (κ2) is 8.47. The fourth-order valence-electron chi connectivity index (χ4n) is 3.57. The monoisotopic (exact) mass is 391 g/mol. The number of anilines is 3. The van der Waals surface area contributed by atoms with Crippen LogP contribution in [0.15, 0.2) is 54.6 Å². The number of hydrogen-bond acceptors (Lipinski definition) is 5. The molecule has 150 valence electrons. The topological polar surface area (TPSA) is 44.3 Å². The van der Waals surface area contributed by atoms with Crippen LogP contribution in [0.25, 0.3) is 0 Å². The van der Waals surface area contributed by atoms with Gasteiger partial charge in [0.1, 0.15) is 11.6 Å². The Labute approximate surface area is 171 Å². The molecule has 29 heavy (non-hydrogen) atoms. The van der Waals surface area contributed by atoms with Gasteiger partial charge in [-0.25, -0.2) is 9.37 Å². The van der Waals surface area contributed by atoms with E-state index < -0.39 is 0 Å². The predicted molar refractivity (Wildman–Crippen MR) is 116 cm³/mol. The van der Waals surface area contributed by atoms with Gasteiger partial charge in [0.25, 0.3) is 0 Å². The van der Waals surface area contributed by atoms with E-state index in [0.717, 1.165) is 49.2 Å². The van der Waals surface area contributed by atoms with Crippen LogP contribution in [0, 0.1) is 19.7 Å². The lowest BCUT2D eigenvalue weighted by Crippen LogP contribution is -2.47. The fraction of sp³-hybridized carbons (Fsp3) is 0.304. The van der Waals surface area contributed by atoms with Crippen LogP contribution in [-0.2, 0) is 6.54 Å². The molecule has 1 aliphatic heterocycles.